The standard InChI is InChI=1S/C17H38O3Si/c1-13(2)17(6,7)21(10,11)20-14(16(3,4)5)12-15(18-8)19-9/h13-15H,12H2,1-11H3. The molecule has 0 spiro atoms. The molecule has 21 heavy (non-hydrogen) atoms. The summed E-state index contributed by atoms with van der Waals surface area (Å²) in [7, 11) is 1.51. The van der Waals surface area contributed by atoms with E-state index >= 15 is 0 Å². The molecule has 1 unspecified atom stereocenters. The first-order valence-corrected chi connectivity index (χ1v) is 10.9. The van der Waals surface area contributed by atoms with Crippen LogP contribution in [0.2, 0.25) is 18.1 Å². The van der Waals surface area contributed by atoms with Crippen molar-refractivity contribution in [3.8, 4) is 0 Å². The summed E-state index contributed by atoms with van der Waals surface area (Å²) in [5.74, 6) is 0.598. The number of rotatable bonds is 8. The molecule has 0 saturated heterocycles. The number of hydrogen-bond donors (Lipinski definition) is 0. The molecule has 128 valence electrons. The highest BCUT2D eigenvalue weighted by Gasteiger charge is 2.46. The molecule has 0 aliphatic rings. The topological polar surface area (TPSA) is 27.7 Å². The van der Waals surface area contributed by atoms with E-state index in [9.17, 15) is 0 Å². The molecular weight excluding hydrogens is 280 g/mol. The molecule has 4 heteroatoms. The molecule has 0 aromatic carbocycles. The van der Waals surface area contributed by atoms with Gasteiger partial charge in [0.1, 0.15) is 0 Å². The van der Waals surface area contributed by atoms with Crippen molar-refractivity contribution < 1.29 is 13.9 Å². The molecule has 0 bridgehead atoms. The molecule has 0 aliphatic heterocycles. The minimum absolute atomic E-state index is 0.0621. The summed E-state index contributed by atoms with van der Waals surface area (Å²) in [4.78, 5) is 0. The summed E-state index contributed by atoms with van der Waals surface area (Å²) in [6.07, 6.45) is 0.685. The molecule has 0 aliphatic carbocycles. The maximum Gasteiger partial charge on any atom is 0.192 e. The van der Waals surface area contributed by atoms with Crippen LogP contribution in [-0.2, 0) is 13.9 Å². The molecule has 0 N–H and O–H groups in total. The van der Waals surface area contributed by atoms with Gasteiger partial charge >= 0.3 is 0 Å². The van der Waals surface area contributed by atoms with Gasteiger partial charge < -0.3 is 13.9 Å². The fourth-order valence-corrected chi connectivity index (χ4v) is 5.10. The summed E-state index contributed by atoms with van der Waals surface area (Å²) in [5, 5.41) is 0.214. The molecule has 0 heterocycles. The predicted octanol–water partition coefficient (Wildman–Crippen LogP) is 5.07. The monoisotopic (exact) mass is 318 g/mol. The van der Waals surface area contributed by atoms with Gasteiger partial charge in [-0.3, -0.25) is 0 Å². The molecule has 0 fully saturated rings. The average Bonchev–Trinajstić information content (AvgIpc) is 2.32. The first-order valence-electron chi connectivity index (χ1n) is 8.03. The average molecular weight is 319 g/mol. The van der Waals surface area contributed by atoms with Crippen LogP contribution in [0.25, 0.3) is 0 Å². The third-order valence-electron chi connectivity index (χ3n) is 5.33. The first-order chi connectivity index (χ1) is 9.29. The van der Waals surface area contributed by atoms with Crippen molar-refractivity contribution in [2.24, 2.45) is 11.3 Å². The lowest BCUT2D eigenvalue weighted by atomic mass is 9.87. The Balaban J connectivity index is 5.22. The van der Waals surface area contributed by atoms with E-state index in [2.05, 4.69) is 61.6 Å². The first kappa shape index (κ1) is 21.1. The maximum absolute atomic E-state index is 6.74. The second kappa shape index (κ2) is 7.58. The zero-order chi connectivity index (χ0) is 17.1. The van der Waals surface area contributed by atoms with Crippen LogP contribution in [-0.4, -0.2) is 34.9 Å². The van der Waals surface area contributed by atoms with E-state index in [4.69, 9.17) is 13.9 Å². The molecular formula is C17H38O3Si. The van der Waals surface area contributed by atoms with Gasteiger partial charge in [-0.2, -0.15) is 0 Å². The quantitative estimate of drug-likeness (QED) is 0.462. The second-order valence-electron chi connectivity index (χ2n) is 8.50. The second-order valence-corrected chi connectivity index (χ2v) is 13.0. The van der Waals surface area contributed by atoms with Crippen LogP contribution < -0.4 is 0 Å². The maximum atomic E-state index is 6.74. The summed E-state index contributed by atoms with van der Waals surface area (Å²) >= 11 is 0. The zero-order valence-electron chi connectivity index (χ0n) is 16.2. The minimum atomic E-state index is -1.87. The zero-order valence-corrected chi connectivity index (χ0v) is 17.2. The summed E-state index contributed by atoms with van der Waals surface area (Å²) in [6, 6.07) is 0. The van der Waals surface area contributed by atoms with Crippen molar-refractivity contribution in [1.29, 1.82) is 0 Å². The number of hydrogen-bond acceptors (Lipinski definition) is 3. The van der Waals surface area contributed by atoms with E-state index in [1.54, 1.807) is 14.2 Å². The Morgan fingerprint density at radius 1 is 0.905 bits per heavy atom. The van der Waals surface area contributed by atoms with Crippen LogP contribution in [0, 0.1) is 11.3 Å². The molecule has 0 amide bonds. The van der Waals surface area contributed by atoms with Crippen LogP contribution >= 0.6 is 0 Å². The molecule has 0 aromatic rings. The lowest BCUT2D eigenvalue weighted by Crippen LogP contribution is -2.51. The minimum Gasteiger partial charge on any atom is -0.413 e. The van der Waals surface area contributed by atoms with Crippen LogP contribution in [0.5, 0.6) is 0 Å². The van der Waals surface area contributed by atoms with Crippen LogP contribution in [0.4, 0.5) is 0 Å². The number of methoxy groups -OCH3 is 2. The van der Waals surface area contributed by atoms with Crippen molar-refractivity contribution in [3.05, 3.63) is 0 Å². The highest BCUT2D eigenvalue weighted by atomic mass is 28.4. The predicted molar refractivity (Wildman–Crippen MR) is 93.1 cm³/mol. The Hall–Kier alpha value is 0.0969. The van der Waals surface area contributed by atoms with Crippen LogP contribution in [0.3, 0.4) is 0 Å². The van der Waals surface area contributed by atoms with E-state index in [1.807, 2.05) is 0 Å². The SMILES string of the molecule is COC(CC(O[Si](C)(C)C(C)(C)C(C)C)C(C)(C)C)OC. The molecule has 0 saturated carbocycles. The highest BCUT2D eigenvalue weighted by Crippen LogP contribution is 2.46. The van der Waals surface area contributed by atoms with E-state index in [0.29, 0.717) is 5.92 Å². The Kier molecular flexibility index (Phi) is 7.61. The normalized spacial score (nSPS) is 15.9. The Labute approximate surface area is 133 Å². The van der Waals surface area contributed by atoms with Gasteiger partial charge in [-0.25, -0.2) is 0 Å². The van der Waals surface area contributed by atoms with Crippen molar-refractivity contribution in [2.45, 2.75) is 85.4 Å². The summed E-state index contributed by atoms with van der Waals surface area (Å²) in [6.45, 7) is 20.6. The lowest BCUT2D eigenvalue weighted by molar-refractivity contribution is -0.131. The van der Waals surface area contributed by atoms with Gasteiger partial charge in [0.2, 0.25) is 0 Å². The smallest absolute Gasteiger partial charge is 0.192 e. The summed E-state index contributed by atoms with van der Waals surface area (Å²) < 4.78 is 17.5. The van der Waals surface area contributed by atoms with Crippen molar-refractivity contribution in [3.63, 3.8) is 0 Å². The largest absolute Gasteiger partial charge is 0.413 e. The van der Waals surface area contributed by atoms with E-state index < -0.39 is 8.32 Å². The fraction of sp³-hybridized carbons (Fsp3) is 1.00. The van der Waals surface area contributed by atoms with Gasteiger partial charge in [0.15, 0.2) is 14.6 Å². The van der Waals surface area contributed by atoms with Crippen molar-refractivity contribution in [1.82, 2.24) is 0 Å². The number of ether oxygens (including phenoxy) is 2. The van der Waals surface area contributed by atoms with Crippen LogP contribution in [0.15, 0.2) is 0 Å². The van der Waals surface area contributed by atoms with Gasteiger partial charge in [0.25, 0.3) is 0 Å². The van der Waals surface area contributed by atoms with Crippen molar-refractivity contribution >= 4 is 8.32 Å². The molecule has 0 radical (unpaired) electrons. The van der Waals surface area contributed by atoms with Crippen LogP contribution in [0.1, 0.15) is 54.9 Å². The third-order valence-corrected chi connectivity index (χ3v) is 9.88. The Bertz CT molecular complexity index is 302. The Morgan fingerprint density at radius 2 is 1.33 bits per heavy atom. The summed E-state index contributed by atoms with van der Waals surface area (Å²) in [5.41, 5.74) is 0.0621. The third kappa shape index (κ3) is 5.66. The fourth-order valence-electron chi connectivity index (χ4n) is 2.24. The molecule has 0 rings (SSSR count). The van der Waals surface area contributed by atoms with Gasteiger partial charge in [-0.1, -0.05) is 48.5 Å². The van der Waals surface area contributed by atoms with E-state index in [0.717, 1.165) is 6.42 Å². The molecule has 0 aromatic heterocycles. The van der Waals surface area contributed by atoms with E-state index in [-0.39, 0.29) is 22.8 Å². The molecule has 1 atom stereocenters. The lowest BCUT2D eigenvalue weighted by Gasteiger charge is -2.47. The van der Waals surface area contributed by atoms with Gasteiger partial charge in [-0.05, 0) is 29.5 Å². The highest BCUT2D eigenvalue weighted by molar-refractivity contribution is 6.74. The molecule has 3 nitrogen and oxygen atoms in total. The Morgan fingerprint density at radius 3 is 1.62 bits per heavy atom. The van der Waals surface area contributed by atoms with E-state index in [1.165, 1.54) is 0 Å². The van der Waals surface area contributed by atoms with Gasteiger partial charge in [-0.15, -0.1) is 0 Å². The van der Waals surface area contributed by atoms with Gasteiger partial charge in [0, 0.05) is 20.6 Å². The van der Waals surface area contributed by atoms with Gasteiger partial charge in [0.05, 0.1) is 6.10 Å². The van der Waals surface area contributed by atoms with Crippen molar-refractivity contribution in [2.75, 3.05) is 14.2 Å².